The number of hydrogen-bond donors (Lipinski definition) is 1. The van der Waals surface area contributed by atoms with Crippen LogP contribution in [0.15, 0.2) is 48.2 Å². The number of halogens is 1. The SMILES string of the molecule is COc1cccc(C=C2NC(=O)N(Cc3ccccc3F)C2=O)c1OC(C)C. The maximum atomic E-state index is 13.9. The van der Waals surface area contributed by atoms with E-state index in [2.05, 4.69) is 5.32 Å². The second-order valence-electron chi connectivity index (χ2n) is 6.52. The zero-order valence-electron chi connectivity index (χ0n) is 15.9. The summed E-state index contributed by atoms with van der Waals surface area (Å²) in [5.74, 6) is -0.0161. The summed E-state index contributed by atoms with van der Waals surface area (Å²) in [4.78, 5) is 25.9. The van der Waals surface area contributed by atoms with Crippen molar-refractivity contribution in [1.82, 2.24) is 10.2 Å². The topological polar surface area (TPSA) is 67.9 Å². The summed E-state index contributed by atoms with van der Waals surface area (Å²) in [6.07, 6.45) is 1.42. The number of carbonyl (C=O) groups excluding carboxylic acids is 2. The second kappa shape index (κ2) is 8.12. The van der Waals surface area contributed by atoms with E-state index in [0.717, 1.165) is 4.90 Å². The molecule has 7 heteroatoms. The van der Waals surface area contributed by atoms with Crippen LogP contribution in [0.3, 0.4) is 0 Å². The van der Waals surface area contributed by atoms with Crippen LogP contribution in [0, 0.1) is 5.82 Å². The third kappa shape index (κ3) is 3.98. The molecule has 2 aromatic rings. The molecule has 0 spiro atoms. The summed E-state index contributed by atoms with van der Waals surface area (Å²) in [6.45, 7) is 3.60. The maximum Gasteiger partial charge on any atom is 0.329 e. The van der Waals surface area contributed by atoms with Crippen molar-refractivity contribution in [2.75, 3.05) is 7.11 Å². The number of methoxy groups -OCH3 is 1. The number of imide groups is 1. The minimum atomic E-state index is -0.603. The first-order chi connectivity index (χ1) is 13.4. The van der Waals surface area contributed by atoms with Gasteiger partial charge in [-0.25, -0.2) is 9.18 Å². The molecule has 0 atom stereocenters. The molecule has 1 aliphatic heterocycles. The Labute approximate surface area is 162 Å². The van der Waals surface area contributed by atoms with Crippen LogP contribution < -0.4 is 14.8 Å². The van der Waals surface area contributed by atoms with Gasteiger partial charge in [-0.1, -0.05) is 30.3 Å². The van der Waals surface area contributed by atoms with Crippen LogP contribution in [-0.4, -0.2) is 30.1 Å². The van der Waals surface area contributed by atoms with Crippen molar-refractivity contribution in [3.63, 3.8) is 0 Å². The molecule has 3 rings (SSSR count). The van der Waals surface area contributed by atoms with Gasteiger partial charge in [-0.05, 0) is 32.1 Å². The zero-order valence-corrected chi connectivity index (χ0v) is 15.9. The Morgan fingerprint density at radius 1 is 1.14 bits per heavy atom. The third-order valence-corrected chi connectivity index (χ3v) is 4.13. The number of amides is 3. The molecule has 1 saturated heterocycles. The minimum absolute atomic E-state index is 0.0863. The molecule has 6 nitrogen and oxygen atoms in total. The molecule has 3 amide bonds. The van der Waals surface area contributed by atoms with Gasteiger partial charge in [-0.3, -0.25) is 9.69 Å². The summed E-state index contributed by atoms with van der Waals surface area (Å²) >= 11 is 0. The highest BCUT2D eigenvalue weighted by molar-refractivity contribution is 6.14. The van der Waals surface area contributed by atoms with Gasteiger partial charge in [0.05, 0.1) is 19.8 Å². The van der Waals surface area contributed by atoms with E-state index in [1.807, 2.05) is 13.8 Å². The van der Waals surface area contributed by atoms with Crippen LogP contribution in [0.4, 0.5) is 9.18 Å². The molecule has 1 heterocycles. The third-order valence-electron chi connectivity index (χ3n) is 4.13. The van der Waals surface area contributed by atoms with Crippen LogP contribution in [0.2, 0.25) is 0 Å². The molecule has 0 saturated carbocycles. The van der Waals surface area contributed by atoms with Gasteiger partial charge in [0.25, 0.3) is 5.91 Å². The first kappa shape index (κ1) is 19.4. The Kier molecular flexibility index (Phi) is 5.63. The lowest BCUT2D eigenvalue weighted by Crippen LogP contribution is -2.30. The van der Waals surface area contributed by atoms with Gasteiger partial charge in [0.1, 0.15) is 11.5 Å². The van der Waals surface area contributed by atoms with Crippen molar-refractivity contribution in [1.29, 1.82) is 0 Å². The van der Waals surface area contributed by atoms with Gasteiger partial charge in [0.2, 0.25) is 0 Å². The Bertz CT molecular complexity index is 940. The van der Waals surface area contributed by atoms with E-state index in [-0.39, 0.29) is 23.9 Å². The Hall–Kier alpha value is -3.35. The molecule has 1 aliphatic rings. The molecule has 1 fully saturated rings. The smallest absolute Gasteiger partial charge is 0.329 e. The number of hydrogen-bond acceptors (Lipinski definition) is 4. The highest BCUT2D eigenvalue weighted by Gasteiger charge is 2.34. The lowest BCUT2D eigenvalue weighted by molar-refractivity contribution is -0.123. The van der Waals surface area contributed by atoms with Crippen molar-refractivity contribution < 1.29 is 23.5 Å². The van der Waals surface area contributed by atoms with Gasteiger partial charge < -0.3 is 14.8 Å². The van der Waals surface area contributed by atoms with Crippen LogP contribution in [0.25, 0.3) is 6.08 Å². The Morgan fingerprint density at radius 2 is 1.89 bits per heavy atom. The fourth-order valence-electron chi connectivity index (χ4n) is 2.84. The summed E-state index contributed by atoms with van der Waals surface area (Å²) in [6, 6.07) is 10.7. The largest absolute Gasteiger partial charge is 0.493 e. The molecule has 2 aromatic carbocycles. The van der Waals surface area contributed by atoms with Gasteiger partial charge in [0, 0.05) is 11.1 Å². The van der Waals surface area contributed by atoms with E-state index in [1.165, 1.54) is 25.3 Å². The molecule has 0 aromatic heterocycles. The van der Waals surface area contributed by atoms with Crippen molar-refractivity contribution in [3.8, 4) is 11.5 Å². The fourth-order valence-corrected chi connectivity index (χ4v) is 2.84. The number of carbonyl (C=O) groups is 2. The lowest BCUT2D eigenvalue weighted by atomic mass is 10.1. The van der Waals surface area contributed by atoms with Gasteiger partial charge >= 0.3 is 6.03 Å². The van der Waals surface area contributed by atoms with E-state index < -0.39 is 17.8 Å². The molecular weight excluding hydrogens is 363 g/mol. The maximum absolute atomic E-state index is 13.9. The molecule has 0 bridgehead atoms. The normalized spacial score (nSPS) is 15.3. The van der Waals surface area contributed by atoms with Gasteiger partial charge in [0.15, 0.2) is 11.5 Å². The molecular formula is C21H21FN2O4. The van der Waals surface area contributed by atoms with E-state index in [0.29, 0.717) is 17.1 Å². The number of nitrogens with one attached hydrogen (secondary N) is 1. The number of benzene rings is 2. The Morgan fingerprint density at radius 3 is 2.57 bits per heavy atom. The van der Waals surface area contributed by atoms with Crippen molar-refractivity contribution in [2.45, 2.75) is 26.5 Å². The van der Waals surface area contributed by atoms with Crippen LogP contribution in [-0.2, 0) is 11.3 Å². The predicted octanol–water partition coefficient (Wildman–Crippen LogP) is 3.71. The summed E-state index contributed by atoms with van der Waals surface area (Å²) in [5, 5.41) is 2.54. The number of nitrogens with zero attached hydrogens (tertiary/aromatic N) is 1. The van der Waals surface area contributed by atoms with E-state index >= 15 is 0 Å². The Balaban J connectivity index is 1.91. The molecule has 146 valence electrons. The molecule has 0 aliphatic carbocycles. The van der Waals surface area contributed by atoms with E-state index in [9.17, 15) is 14.0 Å². The van der Waals surface area contributed by atoms with Crippen molar-refractivity contribution in [2.24, 2.45) is 0 Å². The average Bonchev–Trinajstić information content (AvgIpc) is 2.92. The number of urea groups is 1. The molecule has 28 heavy (non-hydrogen) atoms. The molecule has 0 unspecified atom stereocenters. The highest BCUT2D eigenvalue weighted by atomic mass is 19.1. The van der Waals surface area contributed by atoms with Gasteiger partial charge in [-0.2, -0.15) is 0 Å². The predicted molar refractivity (Wildman–Crippen MR) is 102 cm³/mol. The zero-order chi connectivity index (χ0) is 20.3. The first-order valence-corrected chi connectivity index (χ1v) is 8.82. The standard InChI is InChI=1S/C21H21FN2O4/c1-13(2)28-19-14(8-6-10-18(19)27-3)11-17-20(25)24(21(26)23-17)12-15-7-4-5-9-16(15)22/h4-11,13H,12H2,1-3H3,(H,23,26). The highest BCUT2D eigenvalue weighted by Crippen LogP contribution is 2.34. The number of rotatable bonds is 6. The summed E-state index contributed by atoms with van der Waals surface area (Å²) in [5.41, 5.74) is 0.935. The van der Waals surface area contributed by atoms with E-state index in [1.54, 1.807) is 30.3 Å². The van der Waals surface area contributed by atoms with E-state index in [4.69, 9.17) is 9.47 Å². The summed E-state index contributed by atoms with van der Waals surface area (Å²) in [7, 11) is 1.53. The monoisotopic (exact) mass is 384 g/mol. The molecule has 1 N–H and O–H groups in total. The molecule has 0 radical (unpaired) electrons. The first-order valence-electron chi connectivity index (χ1n) is 8.82. The average molecular weight is 384 g/mol. The van der Waals surface area contributed by atoms with Gasteiger partial charge in [-0.15, -0.1) is 0 Å². The van der Waals surface area contributed by atoms with Crippen LogP contribution in [0.1, 0.15) is 25.0 Å². The quantitative estimate of drug-likeness (QED) is 0.609. The number of para-hydroxylation sites is 1. The second-order valence-corrected chi connectivity index (χ2v) is 6.52. The fraction of sp³-hybridized carbons (Fsp3) is 0.238. The minimum Gasteiger partial charge on any atom is -0.493 e. The van der Waals surface area contributed by atoms with Crippen LogP contribution in [0.5, 0.6) is 11.5 Å². The summed E-state index contributed by atoms with van der Waals surface area (Å²) < 4.78 is 25.0. The van der Waals surface area contributed by atoms with Crippen molar-refractivity contribution >= 4 is 18.0 Å². The lowest BCUT2D eigenvalue weighted by Gasteiger charge is -2.16. The number of ether oxygens (including phenoxy) is 2. The van der Waals surface area contributed by atoms with Crippen molar-refractivity contribution in [3.05, 3.63) is 65.1 Å². The van der Waals surface area contributed by atoms with Crippen LogP contribution >= 0.6 is 0 Å².